The maximum Gasteiger partial charge on any atom is 1.00 e. The molecule has 33 heavy (non-hydrogen) atoms. The second-order valence-corrected chi connectivity index (χ2v) is 9.15. The Labute approximate surface area is 346 Å². The molecule has 0 aliphatic carbocycles. The summed E-state index contributed by atoms with van der Waals surface area (Å²) in [4.78, 5) is 11.2. The Morgan fingerprint density at radius 1 is 0.788 bits per heavy atom. The molecule has 0 spiro atoms. The van der Waals surface area contributed by atoms with Crippen LogP contribution in [0.3, 0.4) is 0 Å². The second-order valence-electron chi connectivity index (χ2n) is 5.01. The van der Waals surface area contributed by atoms with Gasteiger partial charge in [-0.3, -0.25) is 4.79 Å². The summed E-state index contributed by atoms with van der Waals surface area (Å²) >= 11 is 14.7. The van der Waals surface area contributed by atoms with Gasteiger partial charge in [-0.1, -0.05) is 15.9 Å². The van der Waals surface area contributed by atoms with E-state index >= 15 is 0 Å². The Hall–Kier alpha value is 5.21. The molecule has 0 saturated heterocycles. The molecule has 0 aromatic heterocycles. The van der Waals surface area contributed by atoms with Crippen LogP contribution in [0.5, 0.6) is 0 Å². The van der Waals surface area contributed by atoms with E-state index in [9.17, 15) is 0 Å². The van der Waals surface area contributed by atoms with E-state index in [-0.39, 0.29) is 157 Å². The van der Waals surface area contributed by atoms with E-state index in [1.54, 1.807) is 0 Å². The molecule has 0 aromatic rings. The first kappa shape index (κ1) is 51.0. The molecule has 0 aliphatic heterocycles. The van der Waals surface area contributed by atoms with Crippen molar-refractivity contribution in [2.75, 3.05) is 86.1 Å². The minimum Gasteiger partial charge on any atom is -0.662 e. The monoisotopic (exact) mass is 857 g/mol. The summed E-state index contributed by atoms with van der Waals surface area (Å²) in [6.07, 6.45) is 2.61. The second kappa shape index (κ2) is 61.3. The number of ether oxygens (including phenoxy) is 2. The molecule has 0 aliphatic rings. The topological polar surface area (TPSA) is 129 Å². The number of hydrogen-bond donors (Lipinski definition) is 5. The van der Waals surface area contributed by atoms with Crippen LogP contribution in [0.2, 0.25) is 0 Å². The van der Waals surface area contributed by atoms with Crippen molar-refractivity contribution in [1.82, 2.24) is 0 Å². The Morgan fingerprint density at radius 3 is 1.39 bits per heavy atom. The number of aliphatic hydroxyl groups is 3. The van der Waals surface area contributed by atoms with Gasteiger partial charge in [0.2, 0.25) is 0 Å². The average molecular weight is 858 g/mol. The molecule has 0 rings (SSSR count). The van der Waals surface area contributed by atoms with Crippen LogP contribution in [0.4, 0.5) is 0 Å². The van der Waals surface area contributed by atoms with E-state index in [1.165, 1.54) is 0 Å². The summed E-state index contributed by atoms with van der Waals surface area (Å²) in [7, 11) is 0. The summed E-state index contributed by atoms with van der Waals surface area (Å²) in [5.41, 5.74) is 0. The van der Waals surface area contributed by atoms with Gasteiger partial charge in [-0.2, -0.15) is 48.8 Å². The zero-order chi connectivity index (χ0) is 24.3. The molecule has 8 nitrogen and oxygen atoms in total. The minimum absolute atomic E-state index is 0. The number of rotatable bonds is 19. The smallest absolute Gasteiger partial charge is 0.662 e. The summed E-state index contributed by atoms with van der Waals surface area (Å²) in [6, 6.07) is 0. The van der Waals surface area contributed by atoms with E-state index in [4.69, 9.17) is 34.8 Å². The fourth-order valence-corrected chi connectivity index (χ4v) is 3.22. The SMILES string of the molecule is O=CO[O-].OCCCBr.OCCCSCCOCCSCCCO.SCCOCCS.[Cs+].[Cs]. The van der Waals surface area contributed by atoms with Crippen LogP contribution in [-0.2, 0) is 19.2 Å². The molecule has 193 valence electrons. The molecule has 0 heterocycles. The van der Waals surface area contributed by atoms with Gasteiger partial charge in [0.15, 0.2) is 0 Å². The largest absolute Gasteiger partial charge is 1.00 e. The van der Waals surface area contributed by atoms with Crippen LogP contribution >= 0.6 is 64.7 Å². The molecule has 0 bridgehead atoms. The van der Waals surface area contributed by atoms with Gasteiger partial charge in [-0.05, 0) is 30.8 Å². The maximum absolute atomic E-state index is 8.64. The summed E-state index contributed by atoms with van der Waals surface area (Å²) in [6.45, 7) is 3.77. The van der Waals surface area contributed by atoms with Crippen molar-refractivity contribution in [3.05, 3.63) is 0 Å². The Morgan fingerprint density at radius 2 is 1.15 bits per heavy atom. The van der Waals surface area contributed by atoms with Gasteiger partial charge < -0.3 is 34.9 Å². The van der Waals surface area contributed by atoms with Crippen molar-refractivity contribution < 1.29 is 109 Å². The predicted molar refractivity (Wildman–Crippen MR) is 146 cm³/mol. The molecule has 0 unspecified atom stereocenters. The predicted octanol–water partition coefficient (Wildman–Crippen LogP) is -2.08. The third-order valence-electron chi connectivity index (χ3n) is 2.44. The van der Waals surface area contributed by atoms with Crippen molar-refractivity contribution in [2.45, 2.75) is 19.3 Å². The van der Waals surface area contributed by atoms with Gasteiger partial charge in [-0.15, -0.1) is 0 Å². The molecule has 0 fully saturated rings. The van der Waals surface area contributed by atoms with Crippen LogP contribution in [0.1, 0.15) is 19.3 Å². The zero-order valence-electron chi connectivity index (χ0n) is 20.1. The van der Waals surface area contributed by atoms with E-state index in [1.807, 2.05) is 23.5 Å². The van der Waals surface area contributed by atoms with E-state index in [0.29, 0.717) is 6.61 Å². The van der Waals surface area contributed by atoms with Crippen LogP contribution < -0.4 is 74.2 Å². The van der Waals surface area contributed by atoms with Crippen molar-refractivity contribution in [1.29, 1.82) is 0 Å². The van der Waals surface area contributed by atoms with Crippen molar-refractivity contribution in [3.8, 4) is 0 Å². The minimum atomic E-state index is -0.181. The van der Waals surface area contributed by atoms with E-state index < -0.39 is 0 Å². The number of thioether (sulfide) groups is 2. The maximum atomic E-state index is 8.64. The quantitative estimate of drug-likeness (QED) is 0.0247. The fourth-order valence-electron chi connectivity index (χ4n) is 1.17. The van der Waals surface area contributed by atoms with E-state index in [2.05, 4.69) is 46.1 Å². The molecular formula is C18H40BrCs2O8S4. The molecule has 0 aromatic carbocycles. The third kappa shape index (κ3) is 78.7. The average Bonchev–Trinajstić information content (AvgIpc) is 2.79. The summed E-state index contributed by atoms with van der Waals surface area (Å²) in [5, 5.41) is 34.5. The van der Waals surface area contributed by atoms with Crippen molar-refractivity contribution in [2.24, 2.45) is 0 Å². The van der Waals surface area contributed by atoms with Gasteiger partial charge in [0.25, 0.3) is 6.47 Å². The number of carbonyl (C=O) groups excluding carboxylic acids is 1. The first-order valence-corrected chi connectivity index (χ1v) is 14.5. The third-order valence-corrected chi connectivity index (χ3v) is 5.43. The molecule has 15 heteroatoms. The molecule has 0 saturated carbocycles. The first-order valence-electron chi connectivity index (χ1n) is 9.80. The Balaban J connectivity index is -0.0000000847. The van der Waals surface area contributed by atoms with Gasteiger partial charge in [-0.25, -0.2) is 0 Å². The van der Waals surface area contributed by atoms with Crippen molar-refractivity contribution >= 4 is 140 Å². The number of thiol groups is 2. The standard InChI is InChI=1S/C10H22O3S2.C4H10OS2.C3H7BrO.CH2O3.2Cs/c11-3-1-7-14-9-5-13-6-10-15-8-2-4-12;6-3-1-5-2-4-7;4-2-1-3-5;2-1-4-3;;/h11-12H,1-10H2;6-7H,1-4H2;5H,1-3H2;1,3H;;/q;;;;;+1/p-1. The fraction of sp³-hybridized carbons (Fsp3) is 0.944. The first-order chi connectivity index (χ1) is 15.2. The van der Waals surface area contributed by atoms with Crippen LogP contribution in [-0.4, -0.2) is 177 Å². The number of halogens is 1. The van der Waals surface area contributed by atoms with Crippen LogP contribution in [0.25, 0.3) is 0 Å². The summed E-state index contributed by atoms with van der Waals surface area (Å²) in [5.74, 6) is 5.67. The zero-order valence-corrected chi connectivity index (χ0v) is 37.6. The molecule has 0 atom stereocenters. The Kier molecular flexibility index (Phi) is 94.7. The number of aliphatic hydroxyl groups excluding tert-OH is 3. The summed E-state index contributed by atoms with van der Waals surface area (Å²) < 4.78 is 10.4. The Bertz CT molecular complexity index is 270. The normalized spacial score (nSPS) is 8.82. The molecule has 0 amide bonds. The van der Waals surface area contributed by atoms with Gasteiger partial charge in [0.1, 0.15) is 0 Å². The van der Waals surface area contributed by atoms with E-state index in [0.717, 1.165) is 85.5 Å². The molecule has 1 radical (unpaired) electrons. The number of alkyl halides is 1. The van der Waals surface area contributed by atoms with Gasteiger partial charge in [0, 0.05) is 117 Å². The van der Waals surface area contributed by atoms with Crippen molar-refractivity contribution in [3.63, 3.8) is 0 Å². The van der Waals surface area contributed by atoms with Crippen LogP contribution in [0, 0.1) is 0 Å². The molecule has 3 N–H and O–H groups in total. The van der Waals surface area contributed by atoms with Crippen LogP contribution in [0.15, 0.2) is 0 Å². The van der Waals surface area contributed by atoms with Gasteiger partial charge >= 0.3 is 68.9 Å². The van der Waals surface area contributed by atoms with Gasteiger partial charge in [0.05, 0.1) is 26.4 Å². The number of hydrogen-bond acceptors (Lipinski definition) is 12. The molecular weight excluding hydrogens is 818 g/mol. The number of carbonyl (C=O) groups is 1.